The van der Waals surface area contributed by atoms with Crippen LogP contribution in [0.15, 0.2) is 0 Å². The monoisotopic (exact) mass is 342 g/mol. The van der Waals surface area contributed by atoms with Gasteiger partial charge in [0.2, 0.25) is 0 Å². The van der Waals surface area contributed by atoms with Crippen LogP contribution in [0.2, 0.25) is 0 Å². The minimum Gasteiger partial charge on any atom is -0.264 e. The van der Waals surface area contributed by atoms with Crippen molar-refractivity contribution in [2.45, 2.75) is 0 Å². The van der Waals surface area contributed by atoms with E-state index in [9.17, 15) is 0 Å². The van der Waals surface area contributed by atoms with Crippen LogP contribution in [0.5, 0.6) is 0 Å². The summed E-state index contributed by atoms with van der Waals surface area (Å²) >= 11 is 0. The van der Waals surface area contributed by atoms with Crippen molar-refractivity contribution in [3.8, 4) is 0 Å². The molecule has 0 heterocycles. The van der Waals surface area contributed by atoms with E-state index in [1.807, 2.05) is 0 Å². The first kappa shape index (κ1) is 25.2. The fourth-order valence-electron chi connectivity index (χ4n) is 0. The minimum absolute atomic E-state index is 0. The Morgan fingerprint density at radius 1 is 0.438 bits per heavy atom. The van der Waals surface area contributed by atoms with Crippen molar-refractivity contribution in [2.24, 2.45) is 0 Å². The molecule has 0 aromatic rings. The van der Waals surface area contributed by atoms with Gasteiger partial charge >= 0.3 is 31.2 Å². The average molecular weight is 342 g/mol. The SMILES string of the molecule is O=S(=O)(O)O.O=S(=O)(O)O.O=S(=O)(O)O.[Ti]. The Bertz CT molecular complexity index is 337. The van der Waals surface area contributed by atoms with Crippen LogP contribution in [0.4, 0.5) is 0 Å². The molecule has 0 saturated heterocycles. The number of hydrogen-bond donors (Lipinski definition) is 6. The molecule has 0 aromatic carbocycles. The van der Waals surface area contributed by atoms with Crippen molar-refractivity contribution in [3.05, 3.63) is 0 Å². The summed E-state index contributed by atoms with van der Waals surface area (Å²) in [5.74, 6) is 0. The predicted octanol–water partition coefficient (Wildman–Crippen LogP) is -1.96. The first-order chi connectivity index (χ1) is 6.00. The van der Waals surface area contributed by atoms with E-state index in [2.05, 4.69) is 0 Å². The molecule has 16 heteroatoms. The molecular formula is H6O12S3Ti. The molecule has 0 aliphatic heterocycles. The van der Waals surface area contributed by atoms with E-state index in [0.29, 0.717) is 0 Å². The average Bonchev–Trinajstić information content (AvgIpc) is 1.41. The van der Waals surface area contributed by atoms with Gasteiger partial charge in [0, 0.05) is 21.7 Å². The number of hydrogen-bond acceptors (Lipinski definition) is 6. The van der Waals surface area contributed by atoms with E-state index in [4.69, 9.17) is 52.6 Å². The zero-order valence-corrected chi connectivity index (χ0v) is 10.9. The second kappa shape index (κ2) is 9.36. The molecular weight excluding hydrogens is 336 g/mol. The van der Waals surface area contributed by atoms with Crippen LogP contribution < -0.4 is 0 Å². The number of rotatable bonds is 0. The topological polar surface area (TPSA) is 224 Å². The maximum atomic E-state index is 8.74. The predicted molar refractivity (Wildman–Crippen MR) is 42.5 cm³/mol. The quantitative estimate of drug-likeness (QED) is 0.208. The maximum absolute atomic E-state index is 8.74. The Morgan fingerprint density at radius 3 is 0.438 bits per heavy atom. The zero-order valence-electron chi connectivity index (χ0n) is 6.86. The minimum atomic E-state index is -4.67. The summed E-state index contributed by atoms with van der Waals surface area (Å²) in [7, 11) is -14.0. The molecule has 0 fully saturated rings. The standard InChI is InChI=1S/3H2O4S.Ti/c3*1-5(2,3)4;/h3*(H2,1,2,3,4);. The van der Waals surface area contributed by atoms with Gasteiger partial charge in [-0.05, 0) is 0 Å². The van der Waals surface area contributed by atoms with Crippen LogP contribution in [0, 0.1) is 0 Å². The molecule has 0 unspecified atom stereocenters. The van der Waals surface area contributed by atoms with E-state index < -0.39 is 31.2 Å². The van der Waals surface area contributed by atoms with Gasteiger partial charge in [-0.3, -0.25) is 27.3 Å². The van der Waals surface area contributed by atoms with Gasteiger partial charge in [-0.1, -0.05) is 0 Å². The van der Waals surface area contributed by atoms with Crippen LogP contribution >= 0.6 is 0 Å². The zero-order chi connectivity index (χ0) is 13.5. The molecule has 0 aliphatic carbocycles. The van der Waals surface area contributed by atoms with Crippen molar-refractivity contribution < 1.29 is 74.3 Å². The third-order valence-electron chi connectivity index (χ3n) is 0. The smallest absolute Gasteiger partial charge is 0.264 e. The molecule has 0 aromatic heterocycles. The summed E-state index contributed by atoms with van der Waals surface area (Å²) in [5, 5.41) is 0. The molecule has 0 rings (SSSR count). The van der Waals surface area contributed by atoms with E-state index in [1.165, 1.54) is 0 Å². The Morgan fingerprint density at radius 2 is 0.438 bits per heavy atom. The van der Waals surface area contributed by atoms with Crippen LogP contribution in [0.25, 0.3) is 0 Å². The molecule has 0 atom stereocenters. The van der Waals surface area contributed by atoms with Gasteiger partial charge in [-0.15, -0.1) is 0 Å². The maximum Gasteiger partial charge on any atom is 0.394 e. The van der Waals surface area contributed by atoms with Crippen molar-refractivity contribution in [1.82, 2.24) is 0 Å². The summed E-state index contributed by atoms with van der Waals surface area (Å²) < 4.78 is 94.8. The Balaban J connectivity index is -0.0000000655. The summed E-state index contributed by atoms with van der Waals surface area (Å²) in [6.45, 7) is 0. The Kier molecular flexibility index (Phi) is 14.8. The van der Waals surface area contributed by atoms with Gasteiger partial charge < -0.3 is 0 Å². The van der Waals surface area contributed by atoms with Crippen LogP contribution in [-0.4, -0.2) is 52.6 Å². The van der Waals surface area contributed by atoms with Crippen LogP contribution in [0.1, 0.15) is 0 Å². The molecule has 0 spiro atoms. The van der Waals surface area contributed by atoms with E-state index in [0.717, 1.165) is 0 Å². The molecule has 0 bridgehead atoms. The van der Waals surface area contributed by atoms with Crippen molar-refractivity contribution >= 4 is 31.2 Å². The van der Waals surface area contributed by atoms with Gasteiger partial charge in [0.05, 0.1) is 0 Å². The van der Waals surface area contributed by atoms with Gasteiger partial charge in [0.1, 0.15) is 0 Å². The van der Waals surface area contributed by atoms with Crippen molar-refractivity contribution in [1.29, 1.82) is 0 Å². The molecule has 0 aliphatic rings. The second-order valence-electron chi connectivity index (χ2n) is 1.34. The molecule has 0 radical (unpaired) electrons. The van der Waals surface area contributed by atoms with E-state index >= 15 is 0 Å². The third kappa shape index (κ3) is 24200. The first-order valence-corrected chi connectivity index (χ1v) is 6.29. The summed E-state index contributed by atoms with van der Waals surface area (Å²) in [5.41, 5.74) is 0. The summed E-state index contributed by atoms with van der Waals surface area (Å²) in [6.07, 6.45) is 0. The summed E-state index contributed by atoms with van der Waals surface area (Å²) in [6, 6.07) is 0. The Hall–Kier alpha value is 0.324. The van der Waals surface area contributed by atoms with Crippen molar-refractivity contribution in [2.75, 3.05) is 0 Å². The van der Waals surface area contributed by atoms with E-state index in [-0.39, 0.29) is 21.7 Å². The Labute approximate surface area is 105 Å². The molecule has 6 N–H and O–H groups in total. The second-order valence-corrected chi connectivity index (χ2v) is 4.03. The summed E-state index contributed by atoms with van der Waals surface area (Å²) in [4.78, 5) is 0. The van der Waals surface area contributed by atoms with Crippen LogP contribution in [0.3, 0.4) is 0 Å². The molecule has 0 saturated carbocycles. The normalized spacial score (nSPS) is 10.9. The van der Waals surface area contributed by atoms with Crippen LogP contribution in [-0.2, 0) is 52.9 Å². The van der Waals surface area contributed by atoms with Gasteiger partial charge in [-0.2, -0.15) is 25.3 Å². The van der Waals surface area contributed by atoms with Gasteiger partial charge in [-0.25, -0.2) is 0 Å². The fourth-order valence-corrected chi connectivity index (χ4v) is 0. The fraction of sp³-hybridized carbons (Fsp3) is 0. The third-order valence-corrected chi connectivity index (χ3v) is 0. The van der Waals surface area contributed by atoms with E-state index in [1.54, 1.807) is 0 Å². The van der Waals surface area contributed by atoms with Gasteiger partial charge in [0.25, 0.3) is 0 Å². The molecule has 12 nitrogen and oxygen atoms in total. The molecule has 0 amide bonds. The van der Waals surface area contributed by atoms with Crippen molar-refractivity contribution in [3.63, 3.8) is 0 Å². The molecule has 100 valence electrons. The first-order valence-electron chi connectivity index (χ1n) is 2.10. The molecule has 16 heavy (non-hydrogen) atoms. The van der Waals surface area contributed by atoms with Gasteiger partial charge in [0.15, 0.2) is 0 Å². The largest absolute Gasteiger partial charge is 0.394 e.